The second-order valence-corrected chi connectivity index (χ2v) is 7.40. The van der Waals surface area contributed by atoms with Crippen molar-refractivity contribution in [3.8, 4) is 11.4 Å². The summed E-state index contributed by atoms with van der Waals surface area (Å²) in [5.74, 6) is 2.51. The molecule has 2 aromatic carbocycles. The van der Waals surface area contributed by atoms with E-state index in [0.717, 1.165) is 39.9 Å². The molecule has 4 rings (SSSR count). The molecule has 0 saturated carbocycles. The van der Waals surface area contributed by atoms with Gasteiger partial charge in [0.05, 0.1) is 24.6 Å². The highest BCUT2D eigenvalue weighted by atomic mass is 16.6. The van der Waals surface area contributed by atoms with Crippen LogP contribution in [0, 0.1) is 13.8 Å². The normalized spacial score (nSPS) is 12.0. The number of benzene rings is 2. The number of ether oxygens (including phenoxy) is 2. The molecule has 2 N–H and O–H groups in total. The third kappa shape index (κ3) is 5.09. The van der Waals surface area contributed by atoms with Crippen LogP contribution in [0.5, 0.6) is 5.75 Å². The summed E-state index contributed by atoms with van der Waals surface area (Å²) in [6, 6.07) is 14.5. The Morgan fingerprint density at radius 1 is 1.10 bits per heavy atom. The van der Waals surface area contributed by atoms with Crippen LogP contribution in [0.1, 0.15) is 42.2 Å². The highest BCUT2D eigenvalue weighted by molar-refractivity contribution is 6.15. The number of aliphatic imine (C=N–C) groups is 1. The molecule has 2 heterocycles. The maximum absolute atomic E-state index is 9.81. The van der Waals surface area contributed by atoms with Crippen molar-refractivity contribution < 1.29 is 14.3 Å². The number of fused-ring (bicyclic) bond motifs is 3. The van der Waals surface area contributed by atoms with E-state index in [1.54, 1.807) is 21.0 Å². The molecule has 1 amide bonds. The lowest BCUT2D eigenvalue weighted by Crippen LogP contribution is -2.17. The Morgan fingerprint density at radius 3 is 2.39 bits per heavy atom. The summed E-state index contributed by atoms with van der Waals surface area (Å²) in [6.07, 6.45) is -0.813. The minimum Gasteiger partial charge on any atom is -0.497 e. The van der Waals surface area contributed by atoms with Gasteiger partial charge in [0, 0.05) is 11.1 Å². The predicted octanol–water partition coefficient (Wildman–Crippen LogP) is 3.73. The molecule has 0 spiro atoms. The zero-order valence-corrected chi connectivity index (χ0v) is 18.4. The first-order chi connectivity index (χ1) is 14.8. The minimum atomic E-state index is -0.713. The molecule has 1 aliphatic rings. The number of rotatable bonds is 3. The largest absolute Gasteiger partial charge is 0.497 e. The summed E-state index contributed by atoms with van der Waals surface area (Å²) >= 11 is 0. The van der Waals surface area contributed by atoms with E-state index in [1.807, 2.05) is 25.1 Å². The Hall–Kier alpha value is -3.68. The van der Waals surface area contributed by atoms with E-state index < -0.39 is 6.09 Å². The summed E-state index contributed by atoms with van der Waals surface area (Å²) in [5, 5.41) is 8.48. The van der Waals surface area contributed by atoms with Crippen molar-refractivity contribution in [1.29, 1.82) is 0 Å². The zero-order chi connectivity index (χ0) is 22.5. The number of primary amides is 1. The van der Waals surface area contributed by atoms with E-state index >= 15 is 0 Å². The number of methoxy groups -OCH3 is 1. The highest BCUT2D eigenvalue weighted by Crippen LogP contribution is 2.28. The van der Waals surface area contributed by atoms with Crippen LogP contribution in [-0.2, 0) is 11.3 Å². The Bertz CT molecular complexity index is 1100. The van der Waals surface area contributed by atoms with Crippen LogP contribution in [-0.4, -0.2) is 39.8 Å². The SMILES string of the molecule is CC(C)OC(N)=O.COc1ccc2c(c1)C(c1ccc(C)cc1)=NCc1nnc(C)n1-2. The van der Waals surface area contributed by atoms with Crippen molar-refractivity contribution in [2.24, 2.45) is 10.7 Å². The smallest absolute Gasteiger partial charge is 0.404 e. The van der Waals surface area contributed by atoms with Gasteiger partial charge in [0.1, 0.15) is 18.1 Å². The fourth-order valence-corrected chi connectivity index (χ4v) is 3.27. The standard InChI is InChI=1S/C19H18N4O.C4H9NO2/c1-12-4-6-14(7-5-12)19-16-10-15(24-3)8-9-17(16)23-13(2)21-22-18(23)11-20-19;1-3(2)7-4(5)6/h4-10H,11H2,1-3H3;3H,1-2H3,(H2,5,6). The molecule has 0 aliphatic carbocycles. The number of aryl methyl sites for hydroxylation is 2. The van der Waals surface area contributed by atoms with Gasteiger partial charge in [-0.25, -0.2) is 4.79 Å². The third-order valence-corrected chi connectivity index (χ3v) is 4.65. The molecule has 1 aromatic heterocycles. The topological polar surface area (TPSA) is 105 Å². The molecule has 8 heteroatoms. The number of nitrogens with zero attached hydrogens (tertiary/aromatic N) is 4. The Labute approximate surface area is 181 Å². The van der Waals surface area contributed by atoms with Gasteiger partial charge < -0.3 is 15.2 Å². The van der Waals surface area contributed by atoms with E-state index in [2.05, 4.69) is 56.4 Å². The van der Waals surface area contributed by atoms with Gasteiger partial charge in [0.25, 0.3) is 0 Å². The number of hydrogen-bond donors (Lipinski definition) is 1. The van der Waals surface area contributed by atoms with Crippen LogP contribution in [0.2, 0.25) is 0 Å². The van der Waals surface area contributed by atoms with Crippen molar-refractivity contribution in [3.63, 3.8) is 0 Å². The van der Waals surface area contributed by atoms with Crippen LogP contribution in [0.4, 0.5) is 4.79 Å². The number of aromatic nitrogens is 3. The van der Waals surface area contributed by atoms with Gasteiger partial charge in [-0.15, -0.1) is 10.2 Å². The average molecular weight is 422 g/mol. The molecule has 162 valence electrons. The van der Waals surface area contributed by atoms with Crippen molar-refractivity contribution in [1.82, 2.24) is 14.8 Å². The lowest BCUT2D eigenvalue weighted by atomic mass is 9.99. The monoisotopic (exact) mass is 421 g/mol. The lowest BCUT2D eigenvalue weighted by Gasteiger charge is -2.14. The molecule has 1 aliphatic heterocycles. The van der Waals surface area contributed by atoms with Crippen molar-refractivity contribution in [2.75, 3.05) is 7.11 Å². The summed E-state index contributed by atoms with van der Waals surface area (Å²) in [5.41, 5.74) is 9.96. The van der Waals surface area contributed by atoms with Crippen LogP contribution in [0.15, 0.2) is 47.5 Å². The number of nitrogens with two attached hydrogens (primary N) is 1. The zero-order valence-electron chi connectivity index (χ0n) is 18.4. The van der Waals surface area contributed by atoms with Crippen LogP contribution in [0.25, 0.3) is 5.69 Å². The third-order valence-electron chi connectivity index (χ3n) is 4.65. The number of carbonyl (C=O) groups is 1. The summed E-state index contributed by atoms with van der Waals surface area (Å²) in [7, 11) is 1.68. The summed E-state index contributed by atoms with van der Waals surface area (Å²) < 4.78 is 11.9. The molecule has 3 aromatic rings. The fourth-order valence-electron chi connectivity index (χ4n) is 3.27. The first-order valence-electron chi connectivity index (χ1n) is 9.97. The van der Waals surface area contributed by atoms with Gasteiger partial charge in [0.2, 0.25) is 0 Å². The van der Waals surface area contributed by atoms with Gasteiger partial charge in [-0.2, -0.15) is 0 Å². The first-order valence-corrected chi connectivity index (χ1v) is 9.97. The molecular weight excluding hydrogens is 394 g/mol. The molecule has 31 heavy (non-hydrogen) atoms. The van der Waals surface area contributed by atoms with E-state index in [1.165, 1.54) is 5.56 Å². The van der Waals surface area contributed by atoms with E-state index in [0.29, 0.717) is 6.54 Å². The fraction of sp³-hybridized carbons (Fsp3) is 0.304. The Balaban J connectivity index is 0.000000339. The quantitative estimate of drug-likeness (QED) is 0.694. The van der Waals surface area contributed by atoms with Gasteiger partial charge >= 0.3 is 6.09 Å². The van der Waals surface area contributed by atoms with Crippen LogP contribution in [0.3, 0.4) is 0 Å². The lowest BCUT2D eigenvalue weighted by molar-refractivity contribution is 0.125. The van der Waals surface area contributed by atoms with Crippen LogP contribution >= 0.6 is 0 Å². The highest BCUT2D eigenvalue weighted by Gasteiger charge is 2.22. The number of carbonyl (C=O) groups excluding carboxylic acids is 1. The molecule has 0 radical (unpaired) electrons. The Morgan fingerprint density at radius 2 is 1.81 bits per heavy atom. The van der Waals surface area contributed by atoms with Gasteiger partial charge in [-0.05, 0) is 45.9 Å². The predicted molar refractivity (Wildman–Crippen MR) is 119 cm³/mol. The van der Waals surface area contributed by atoms with E-state index in [9.17, 15) is 4.79 Å². The molecule has 0 bridgehead atoms. The molecule has 0 fully saturated rings. The molecular formula is C23H27N5O3. The Kier molecular flexibility index (Phi) is 6.69. The first kappa shape index (κ1) is 22.0. The molecule has 0 atom stereocenters. The summed E-state index contributed by atoms with van der Waals surface area (Å²) in [6.45, 7) is 8.03. The van der Waals surface area contributed by atoms with Crippen molar-refractivity contribution in [3.05, 3.63) is 70.8 Å². The maximum Gasteiger partial charge on any atom is 0.404 e. The van der Waals surface area contributed by atoms with Crippen molar-refractivity contribution >= 4 is 11.8 Å². The van der Waals surface area contributed by atoms with Crippen LogP contribution < -0.4 is 10.5 Å². The second-order valence-electron chi connectivity index (χ2n) is 7.40. The van der Waals surface area contributed by atoms with Gasteiger partial charge in [-0.1, -0.05) is 29.8 Å². The average Bonchev–Trinajstić information content (AvgIpc) is 3.00. The van der Waals surface area contributed by atoms with E-state index in [-0.39, 0.29) is 6.10 Å². The van der Waals surface area contributed by atoms with Crippen molar-refractivity contribution in [2.45, 2.75) is 40.3 Å². The summed E-state index contributed by atoms with van der Waals surface area (Å²) in [4.78, 5) is 14.6. The maximum atomic E-state index is 9.81. The minimum absolute atomic E-state index is 0.0995. The van der Waals surface area contributed by atoms with Gasteiger partial charge in [0.15, 0.2) is 5.82 Å². The second kappa shape index (κ2) is 9.42. The molecule has 8 nitrogen and oxygen atoms in total. The van der Waals surface area contributed by atoms with E-state index in [4.69, 9.17) is 9.73 Å². The molecule has 0 unspecified atom stereocenters. The molecule has 0 saturated heterocycles. The van der Waals surface area contributed by atoms with Gasteiger partial charge in [-0.3, -0.25) is 9.56 Å². The number of amides is 1. The number of hydrogen-bond acceptors (Lipinski definition) is 6.